The zero-order chi connectivity index (χ0) is 22.7. The van der Waals surface area contributed by atoms with Crippen LogP contribution in [0.5, 0.6) is 0 Å². The van der Waals surface area contributed by atoms with Gasteiger partial charge in [0.25, 0.3) is 5.91 Å². The van der Waals surface area contributed by atoms with E-state index >= 15 is 0 Å². The topological polar surface area (TPSA) is 50.5 Å². The Morgan fingerprint density at radius 3 is 2.22 bits per heavy atom. The number of carbonyl (C=O) groups is 1. The van der Waals surface area contributed by atoms with E-state index in [2.05, 4.69) is 0 Å². The largest absolute Gasteiger partial charge is 0.450 e. The third kappa shape index (κ3) is 3.14. The van der Waals surface area contributed by atoms with Crippen molar-refractivity contribution in [3.8, 4) is 0 Å². The van der Waals surface area contributed by atoms with E-state index in [4.69, 9.17) is 27.6 Å². The molecule has 4 aromatic rings. The first kappa shape index (κ1) is 20.8. The molecular weight excluding hydrogens is 445 g/mol. The van der Waals surface area contributed by atoms with Crippen LogP contribution in [0.1, 0.15) is 44.4 Å². The number of carbonyl (C=O) groups excluding carboxylic acids is 1. The van der Waals surface area contributed by atoms with Crippen LogP contribution in [0.15, 0.2) is 63.8 Å². The molecule has 0 saturated heterocycles. The van der Waals surface area contributed by atoms with Crippen molar-refractivity contribution in [2.24, 2.45) is 0 Å². The molecule has 6 heteroatoms. The molecule has 0 aliphatic carbocycles. The molecular formula is C26H19Cl2NO3. The lowest BCUT2D eigenvalue weighted by molar-refractivity contribution is 0.0971. The van der Waals surface area contributed by atoms with Crippen molar-refractivity contribution in [3.05, 3.63) is 108 Å². The van der Waals surface area contributed by atoms with E-state index in [1.54, 1.807) is 23.1 Å². The molecule has 0 N–H and O–H groups in total. The summed E-state index contributed by atoms with van der Waals surface area (Å²) in [6.07, 6.45) is 0. The Kier molecular flexibility index (Phi) is 4.88. The van der Waals surface area contributed by atoms with Gasteiger partial charge in [-0.25, -0.2) is 0 Å². The van der Waals surface area contributed by atoms with Gasteiger partial charge in [0.15, 0.2) is 5.43 Å². The SMILES string of the molecule is Cc1ccc(N2C(=O)c3oc4cc(C)c(C)cc4c(=O)c3C2c2ccc(Cl)c(Cl)c2)cc1. The molecule has 3 aromatic carbocycles. The summed E-state index contributed by atoms with van der Waals surface area (Å²) in [6, 6.07) is 15.7. The number of nitrogens with zero attached hydrogens (tertiary/aromatic N) is 1. The highest BCUT2D eigenvalue weighted by Gasteiger charge is 2.43. The van der Waals surface area contributed by atoms with Crippen molar-refractivity contribution in [1.29, 1.82) is 0 Å². The monoisotopic (exact) mass is 463 g/mol. The van der Waals surface area contributed by atoms with Crippen molar-refractivity contribution in [3.63, 3.8) is 0 Å². The second-order valence-electron chi connectivity index (χ2n) is 8.19. The molecule has 4 nitrogen and oxygen atoms in total. The Morgan fingerprint density at radius 2 is 1.53 bits per heavy atom. The Labute approximate surface area is 195 Å². The average Bonchev–Trinajstić information content (AvgIpc) is 3.05. The molecule has 1 atom stereocenters. The maximum absolute atomic E-state index is 13.7. The van der Waals surface area contributed by atoms with Gasteiger partial charge in [-0.1, -0.05) is 47.0 Å². The molecule has 32 heavy (non-hydrogen) atoms. The Hall–Kier alpha value is -3.08. The number of amides is 1. The molecule has 1 amide bonds. The molecule has 5 rings (SSSR count). The normalized spacial score (nSPS) is 15.5. The summed E-state index contributed by atoms with van der Waals surface area (Å²) in [5.41, 5.74) is 4.88. The molecule has 1 aromatic heterocycles. The van der Waals surface area contributed by atoms with Crippen molar-refractivity contribution in [1.82, 2.24) is 0 Å². The highest BCUT2D eigenvalue weighted by molar-refractivity contribution is 6.42. The summed E-state index contributed by atoms with van der Waals surface area (Å²) in [6.45, 7) is 5.87. The molecule has 160 valence electrons. The summed E-state index contributed by atoms with van der Waals surface area (Å²) < 4.78 is 6.06. The molecule has 0 saturated carbocycles. The van der Waals surface area contributed by atoms with E-state index in [0.29, 0.717) is 37.8 Å². The van der Waals surface area contributed by atoms with E-state index in [1.165, 1.54) is 0 Å². The first-order valence-electron chi connectivity index (χ1n) is 10.2. The maximum atomic E-state index is 13.7. The van der Waals surface area contributed by atoms with Crippen LogP contribution >= 0.6 is 23.2 Å². The highest BCUT2D eigenvalue weighted by atomic mass is 35.5. The van der Waals surface area contributed by atoms with Gasteiger partial charge in [-0.2, -0.15) is 0 Å². The van der Waals surface area contributed by atoms with Crippen LogP contribution in [0.2, 0.25) is 10.0 Å². The second kappa shape index (κ2) is 7.51. The standard InChI is InChI=1S/C26H19Cl2NO3/c1-13-4-7-17(8-5-13)29-23(16-6-9-19(27)20(28)12-16)22-24(30)18-10-14(2)15(3)11-21(18)32-25(22)26(29)31/h4-12,23H,1-3H3. The molecule has 2 heterocycles. The lowest BCUT2D eigenvalue weighted by Crippen LogP contribution is -2.29. The predicted molar refractivity (Wildman–Crippen MR) is 128 cm³/mol. The van der Waals surface area contributed by atoms with E-state index in [1.807, 2.05) is 57.2 Å². The lowest BCUT2D eigenvalue weighted by atomic mass is 9.97. The predicted octanol–water partition coefficient (Wildman–Crippen LogP) is 6.77. The second-order valence-corrected chi connectivity index (χ2v) is 9.01. The van der Waals surface area contributed by atoms with Crippen LogP contribution in [-0.4, -0.2) is 5.91 Å². The summed E-state index contributed by atoms with van der Waals surface area (Å²) in [5.74, 6) is -0.306. The van der Waals surface area contributed by atoms with Gasteiger partial charge >= 0.3 is 0 Å². The minimum Gasteiger partial charge on any atom is -0.450 e. The van der Waals surface area contributed by atoms with Gasteiger partial charge in [-0.05, 0) is 73.9 Å². The number of hydrogen-bond donors (Lipinski definition) is 0. The van der Waals surface area contributed by atoms with Gasteiger partial charge in [0, 0.05) is 5.69 Å². The number of halogens is 2. The molecule has 0 fully saturated rings. The zero-order valence-electron chi connectivity index (χ0n) is 17.7. The molecule has 1 aliphatic heterocycles. The smallest absolute Gasteiger partial charge is 0.295 e. The number of rotatable bonds is 2. The number of anilines is 1. The zero-order valence-corrected chi connectivity index (χ0v) is 19.2. The first-order chi connectivity index (χ1) is 15.3. The third-order valence-electron chi connectivity index (χ3n) is 6.06. The van der Waals surface area contributed by atoms with Crippen LogP contribution in [0.4, 0.5) is 5.69 Å². The maximum Gasteiger partial charge on any atom is 0.295 e. The van der Waals surface area contributed by atoms with E-state index in [-0.39, 0.29) is 17.1 Å². The molecule has 1 aliphatic rings. The number of hydrogen-bond acceptors (Lipinski definition) is 3. The van der Waals surface area contributed by atoms with Crippen molar-refractivity contribution >= 4 is 45.8 Å². The van der Waals surface area contributed by atoms with Crippen LogP contribution in [-0.2, 0) is 0 Å². The quantitative estimate of drug-likeness (QED) is 0.329. The van der Waals surface area contributed by atoms with Crippen molar-refractivity contribution < 1.29 is 9.21 Å². The van der Waals surface area contributed by atoms with E-state index in [9.17, 15) is 9.59 Å². The van der Waals surface area contributed by atoms with E-state index in [0.717, 1.165) is 16.7 Å². The fourth-order valence-corrected chi connectivity index (χ4v) is 4.50. The minimum absolute atomic E-state index is 0.0578. The number of benzene rings is 3. The molecule has 0 bridgehead atoms. The minimum atomic E-state index is -0.683. The first-order valence-corrected chi connectivity index (χ1v) is 10.9. The Morgan fingerprint density at radius 1 is 0.844 bits per heavy atom. The van der Waals surface area contributed by atoms with Gasteiger partial charge in [0.2, 0.25) is 5.76 Å². The van der Waals surface area contributed by atoms with Gasteiger partial charge in [-0.15, -0.1) is 0 Å². The molecule has 0 radical (unpaired) electrons. The Bertz CT molecular complexity index is 1470. The van der Waals surface area contributed by atoms with Gasteiger partial charge < -0.3 is 4.42 Å². The summed E-state index contributed by atoms with van der Waals surface area (Å²) in [5, 5.41) is 1.21. The number of fused-ring (bicyclic) bond motifs is 2. The average molecular weight is 464 g/mol. The molecule has 0 spiro atoms. The van der Waals surface area contributed by atoms with Crippen LogP contribution in [0, 0.1) is 20.8 Å². The van der Waals surface area contributed by atoms with Crippen LogP contribution in [0.25, 0.3) is 11.0 Å². The summed E-state index contributed by atoms with van der Waals surface area (Å²) >= 11 is 12.4. The van der Waals surface area contributed by atoms with Gasteiger partial charge in [0.05, 0.1) is 27.0 Å². The van der Waals surface area contributed by atoms with Crippen molar-refractivity contribution in [2.75, 3.05) is 4.90 Å². The third-order valence-corrected chi connectivity index (χ3v) is 6.80. The lowest BCUT2D eigenvalue weighted by Gasteiger charge is -2.25. The summed E-state index contributed by atoms with van der Waals surface area (Å²) in [7, 11) is 0. The van der Waals surface area contributed by atoms with E-state index < -0.39 is 6.04 Å². The Balaban J connectivity index is 1.83. The van der Waals surface area contributed by atoms with Gasteiger partial charge in [-0.3, -0.25) is 14.5 Å². The summed E-state index contributed by atoms with van der Waals surface area (Å²) in [4.78, 5) is 28.9. The van der Waals surface area contributed by atoms with Crippen molar-refractivity contribution in [2.45, 2.75) is 26.8 Å². The van der Waals surface area contributed by atoms with Gasteiger partial charge in [0.1, 0.15) is 5.58 Å². The fourth-order valence-electron chi connectivity index (χ4n) is 4.20. The van der Waals surface area contributed by atoms with Crippen LogP contribution < -0.4 is 10.3 Å². The number of aryl methyl sites for hydroxylation is 3. The fraction of sp³-hybridized carbons (Fsp3) is 0.154. The molecule has 1 unspecified atom stereocenters. The highest BCUT2D eigenvalue weighted by Crippen LogP contribution is 2.42. The van der Waals surface area contributed by atoms with Crippen LogP contribution in [0.3, 0.4) is 0 Å².